The molecule has 12 heteroatoms. The van der Waals surface area contributed by atoms with Crippen LogP contribution in [0.3, 0.4) is 0 Å². The number of benzene rings is 2. The Morgan fingerprint density at radius 2 is 1.54 bits per heavy atom. The van der Waals surface area contributed by atoms with Crippen LogP contribution in [0.4, 0.5) is 5.69 Å². The van der Waals surface area contributed by atoms with Crippen molar-refractivity contribution in [2.45, 2.75) is 180 Å². The molecule has 396 valence electrons. The molecule has 0 bridgehead atoms. The Kier molecular flexibility index (Phi) is 35.6. The quantitative estimate of drug-likeness (QED) is 0.106. The second kappa shape index (κ2) is 38.1. The van der Waals surface area contributed by atoms with Gasteiger partial charge in [-0.05, 0) is 133 Å². The van der Waals surface area contributed by atoms with Gasteiger partial charge in [0.2, 0.25) is 6.41 Å². The molecule has 1 aromatic heterocycles. The van der Waals surface area contributed by atoms with Gasteiger partial charge in [0.15, 0.2) is 11.5 Å². The number of carbonyl (C=O) groups excluding carboxylic acids is 3. The lowest BCUT2D eigenvalue weighted by Crippen LogP contribution is -2.39. The van der Waals surface area contributed by atoms with Crippen molar-refractivity contribution < 1.29 is 24.0 Å². The molecule has 2 N–H and O–H groups in total. The fraction of sp³-hybridized carbons (Fsp3) is 0.638. The number of hydrogen-bond donors (Lipinski definition) is 2. The van der Waals surface area contributed by atoms with Gasteiger partial charge in [-0.3, -0.25) is 14.8 Å². The largest absolute Gasteiger partial charge is 0.493 e. The Bertz CT molecular complexity index is 1900. The number of nitrogens with zero attached hydrogens (tertiary/aromatic N) is 5. The Hall–Kier alpha value is -4.65. The molecule has 0 spiro atoms. The summed E-state index contributed by atoms with van der Waals surface area (Å²) in [6, 6.07) is 15.9. The minimum atomic E-state index is 0.279. The van der Waals surface area contributed by atoms with Gasteiger partial charge < -0.3 is 39.6 Å². The summed E-state index contributed by atoms with van der Waals surface area (Å²) in [6.07, 6.45) is 15.0. The molecule has 0 radical (unpaired) electrons. The highest BCUT2D eigenvalue weighted by Crippen LogP contribution is 2.37. The van der Waals surface area contributed by atoms with Crippen molar-refractivity contribution in [3.8, 4) is 11.5 Å². The third kappa shape index (κ3) is 24.0. The number of hydrogen-bond acceptors (Lipinski definition) is 11. The third-order valence-corrected chi connectivity index (χ3v) is 12.9. The number of piperidine rings is 1. The van der Waals surface area contributed by atoms with Gasteiger partial charge in [-0.25, -0.2) is 0 Å². The maximum Gasteiger partial charge on any atom is 0.209 e. The lowest BCUT2D eigenvalue weighted by Gasteiger charge is -2.33. The second-order valence-corrected chi connectivity index (χ2v) is 18.7. The number of allylic oxidation sites excluding steroid dienone is 2. The summed E-state index contributed by atoms with van der Waals surface area (Å²) in [4.78, 5) is 48.0. The molecule has 0 saturated carbocycles. The van der Waals surface area contributed by atoms with Crippen molar-refractivity contribution in [2.24, 2.45) is 16.3 Å². The van der Waals surface area contributed by atoms with E-state index in [1.807, 2.05) is 77.6 Å². The predicted molar refractivity (Wildman–Crippen MR) is 299 cm³/mol. The number of likely N-dealkylation sites (tertiary alicyclic amines) is 2. The summed E-state index contributed by atoms with van der Waals surface area (Å²) in [5.74, 6) is 2.02. The van der Waals surface area contributed by atoms with Crippen molar-refractivity contribution >= 4 is 47.9 Å². The molecule has 6 rings (SSSR count). The minimum Gasteiger partial charge on any atom is -0.493 e. The fourth-order valence-electron chi connectivity index (χ4n) is 7.83. The van der Waals surface area contributed by atoms with E-state index in [2.05, 4.69) is 112 Å². The number of ether oxygens (including phenoxy) is 1. The summed E-state index contributed by atoms with van der Waals surface area (Å²) in [5, 5.41) is 10.1. The SMILES string of the molecule is C=O.CC.CC.CC(CC=O)C(C)(C)C.CC1CCCN1C=O.CC=N/C(C)=C(\C)c1ccc(CNC)cc1.CCCCN1CCC(Nc2cc(CC)nc3cc(ON4CCCC4)c(OC)cc23)CC1. The number of rotatable bonds is 16. The van der Waals surface area contributed by atoms with E-state index in [-0.39, 0.29) is 5.41 Å². The Morgan fingerprint density at radius 1 is 0.914 bits per heavy atom. The van der Waals surface area contributed by atoms with Crippen molar-refractivity contribution in [1.29, 1.82) is 0 Å². The van der Waals surface area contributed by atoms with Gasteiger partial charge in [-0.2, -0.15) is 0 Å². The van der Waals surface area contributed by atoms with Gasteiger partial charge in [0.05, 0.1) is 12.6 Å². The van der Waals surface area contributed by atoms with Gasteiger partial charge in [0.1, 0.15) is 13.1 Å². The number of aliphatic imine (C=N–C) groups is 1. The highest BCUT2D eigenvalue weighted by atomic mass is 16.7. The van der Waals surface area contributed by atoms with Crippen LogP contribution in [0.25, 0.3) is 16.5 Å². The highest BCUT2D eigenvalue weighted by Gasteiger charge is 2.22. The normalized spacial score (nSPS) is 16.6. The Balaban J connectivity index is 0.00000102. The van der Waals surface area contributed by atoms with E-state index >= 15 is 0 Å². The molecular weight excluding hydrogens is 875 g/mol. The van der Waals surface area contributed by atoms with E-state index in [1.54, 1.807) is 7.11 Å². The van der Waals surface area contributed by atoms with Crippen LogP contribution in [-0.2, 0) is 27.3 Å². The molecule has 1 amide bonds. The van der Waals surface area contributed by atoms with Gasteiger partial charge in [-0.15, -0.1) is 5.06 Å². The average molecular weight is 974 g/mol. The summed E-state index contributed by atoms with van der Waals surface area (Å²) in [5.41, 5.74) is 8.36. The zero-order chi connectivity index (χ0) is 53.1. The first-order valence-corrected chi connectivity index (χ1v) is 26.5. The number of aldehydes is 1. The summed E-state index contributed by atoms with van der Waals surface area (Å²) >= 11 is 0. The van der Waals surface area contributed by atoms with Crippen LogP contribution in [0, 0.1) is 11.3 Å². The zero-order valence-corrected chi connectivity index (χ0v) is 47.0. The number of anilines is 1. The van der Waals surface area contributed by atoms with Crippen LogP contribution in [0.5, 0.6) is 11.5 Å². The first-order chi connectivity index (χ1) is 33.7. The molecule has 2 atom stereocenters. The van der Waals surface area contributed by atoms with E-state index in [9.17, 15) is 9.59 Å². The number of amides is 1. The summed E-state index contributed by atoms with van der Waals surface area (Å²) < 4.78 is 5.70. The summed E-state index contributed by atoms with van der Waals surface area (Å²) in [7, 11) is 3.67. The third-order valence-electron chi connectivity index (χ3n) is 12.9. The number of unbranched alkanes of at least 4 members (excludes halogenated alkanes) is 1. The predicted octanol–water partition coefficient (Wildman–Crippen LogP) is 12.9. The van der Waals surface area contributed by atoms with Crippen molar-refractivity contribution in [3.05, 3.63) is 65.0 Å². The number of pyridine rings is 1. The molecular formula is C58H99N7O5. The van der Waals surface area contributed by atoms with Gasteiger partial charge in [0.25, 0.3) is 0 Å². The standard InChI is InChI=1S/C25H38N4O2.C14H20N2.C8H16O.C6H11NO.2C2H6.CH2O/c1-4-6-11-28-14-9-20(10-15-28)27-22-16-19(5-2)26-23-18-25(24(30-3)17-21(22)23)31-29-12-7-8-13-29;1-5-16-12(3)11(2)14-8-6-13(7-9-14)10-15-4;1-7(5-6-9)8(2,3)4;1-6-3-2-4-7(6)5-8;3*1-2/h16-18,20H,4-15H2,1-3H3,(H,26,27);5-9,15H,10H2,1-4H3;6-7H,5H2,1-4H3;5-6H,2-4H2,1H3;2*1-2H3;1H2/b;12-11+,16-5?;;;;;. The maximum atomic E-state index is 10.1. The topological polar surface area (TPSA) is 129 Å². The van der Waals surface area contributed by atoms with Crippen LogP contribution in [-0.4, -0.2) is 111 Å². The van der Waals surface area contributed by atoms with Gasteiger partial charge >= 0.3 is 0 Å². The van der Waals surface area contributed by atoms with E-state index in [4.69, 9.17) is 19.4 Å². The second-order valence-electron chi connectivity index (χ2n) is 18.7. The Morgan fingerprint density at radius 3 is 2.00 bits per heavy atom. The average Bonchev–Trinajstić information content (AvgIpc) is 4.07. The molecule has 2 aromatic carbocycles. The molecule has 12 nitrogen and oxygen atoms in total. The fourth-order valence-corrected chi connectivity index (χ4v) is 7.83. The number of methoxy groups -OCH3 is 1. The molecule has 3 aliphatic rings. The number of aromatic nitrogens is 1. The highest BCUT2D eigenvalue weighted by molar-refractivity contribution is 5.94. The van der Waals surface area contributed by atoms with Crippen molar-refractivity contribution in [3.63, 3.8) is 0 Å². The first kappa shape index (κ1) is 65.3. The van der Waals surface area contributed by atoms with Crippen LogP contribution in [0.15, 0.2) is 53.2 Å². The zero-order valence-electron chi connectivity index (χ0n) is 47.0. The smallest absolute Gasteiger partial charge is 0.209 e. The molecule has 3 fully saturated rings. The molecule has 3 aromatic rings. The van der Waals surface area contributed by atoms with Crippen molar-refractivity contribution in [1.82, 2.24) is 25.2 Å². The molecule has 2 unspecified atom stereocenters. The number of nitrogens with one attached hydrogen (secondary N) is 2. The van der Waals surface area contributed by atoms with E-state index in [1.165, 1.54) is 93.4 Å². The molecule has 3 aliphatic heterocycles. The van der Waals surface area contributed by atoms with Crippen LogP contribution < -0.4 is 20.2 Å². The van der Waals surface area contributed by atoms with Gasteiger partial charge in [-0.1, -0.05) is 99.9 Å². The van der Waals surface area contributed by atoms with Crippen LogP contribution in [0.2, 0.25) is 0 Å². The number of hydroxylamine groups is 2. The number of carbonyl (C=O) groups is 3. The minimum absolute atomic E-state index is 0.279. The van der Waals surface area contributed by atoms with Crippen molar-refractivity contribution in [2.75, 3.05) is 58.7 Å². The Labute approximate surface area is 426 Å². The lowest BCUT2D eigenvalue weighted by atomic mass is 9.80. The van der Waals surface area contributed by atoms with Gasteiger partial charge in [0, 0.05) is 92.5 Å². The lowest BCUT2D eigenvalue weighted by molar-refractivity contribution is -0.118. The molecule has 0 aliphatic carbocycles. The van der Waals surface area contributed by atoms with Crippen LogP contribution >= 0.6 is 0 Å². The van der Waals surface area contributed by atoms with E-state index < -0.39 is 0 Å². The first-order valence-electron chi connectivity index (χ1n) is 26.5. The molecule has 70 heavy (non-hydrogen) atoms. The number of fused-ring (bicyclic) bond motifs is 1. The van der Waals surface area contributed by atoms with E-state index in [0.717, 1.165) is 79.1 Å². The van der Waals surface area contributed by atoms with Crippen LogP contribution in [0.1, 0.15) is 172 Å². The monoisotopic (exact) mass is 974 g/mol. The number of aryl methyl sites for hydroxylation is 1. The molecule has 3 saturated heterocycles. The molecule has 4 heterocycles. The summed E-state index contributed by atoms with van der Waals surface area (Å²) in [6.45, 7) is 38.6. The maximum absolute atomic E-state index is 10.1. The van der Waals surface area contributed by atoms with E-state index in [0.29, 0.717) is 24.4 Å².